The molecule has 0 bridgehead atoms. The molecule has 0 atom stereocenters. The molecule has 0 heterocycles. The van der Waals surface area contributed by atoms with E-state index in [1.165, 1.54) is 5.56 Å². The maximum Gasteiger partial charge on any atom is 3.00 e. The van der Waals surface area contributed by atoms with Gasteiger partial charge in [-0.25, -0.2) is 0 Å². The Morgan fingerprint density at radius 2 is 1.50 bits per heavy atom. The fraction of sp³-hybridized carbons (Fsp3) is 0.333. The van der Waals surface area contributed by atoms with Crippen LogP contribution in [0.3, 0.4) is 0 Å². The molecule has 1 aromatic carbocycles. The first-order chi connectivity index (χ1) is 4.93. The topological polar surface area (TPSA) is 12.0 Å². The quantitative estimate of drug-likeness (QED) is 0.562. The zero-order valence-corrected chi connectivity index (χ0v) is 9.42. The standard InChI is InChI=1S/C9H13N.3FH.Yb/c1-10-8-7-9-5-3-2-4-6-9;;;;/h2-6,10H,7-8H2,1H3;3*1H;/q;;;;+3/p-3. The van der Waals surface area contributed by atoms with E-state index in [4.69, 9.17) is 0 Å². The van der Waals surface area contributed by atoms with Crippen LogP contribution >= 0.6 is 0 Å². The number of benzene rings is 1. The third-order valence-electron chi connectivity index (χ3n) is 1.51. The third kappa shape index (κ3) is 10.6. The van der Waals surface area contributed by atoms with Crippen LogP contribution in [0, 0.1) is 46.9 Å². The first-order valence-corrected chi connectivity index (χ1v) is 3.62. The Kier molecular flexibility index (Phi) is 27.3. The zero-order chi connectivity index (χ0) is 7.23. The molecule has 0 aliphatic heterocycles. The third-order valence-corrected chi connectivity index (χ3v) is 1.51. The van der Waals surface area contributed by atoms with Gasteiger partial charge in [-0.15, -0.1) is 0 Å². The summed E-state index contributed by atoms with van der Waals surface area (Å²) >= 11 is 0. The van der Waals surface area contributed by atoms with Gasteiger partial charge >= 0.3 is 46.9 Å². The Morgan fingerprint density at radius 1 is 1.00 bits per heavy atom. The van der Waals surface area contributed by atoms with Gasteiger partial charge in [0, 0.05) is 0 Å². The molecule has 89 valence electrons. The van der Waals surface area contributed by atoms with Crippen LogP contribution in [0.2, 0.25) is 0 Å². The average Bonchev–Trinajstić information content (AvgIpc) is 2.03. The summed E-state index contributed by atoms with van der Waals surface area (Å²) in [6, 6.07) is 10.5. The Balaban J connectivity index is -0.000000125. The summed E-state index contributed by atoms with van der Waals surface area (Å²) in [6.07, 6.45) is 1.12. The molecule has 1 aromatic rings. The first kappa shape index (κ1) is 24.0. The molecule has 1 rings (SSSR count). The van der Waals surface area contributed by atoms with Crippen LogP contribution in [0.4, 0.5) is 0 Å². The van der Waals surface area contributed by atoms with Crippen molar-refractivity contribution in [3.8, 4) is 0 Å². The van der Waals surface area contributed by atoms with Crippen LogP contribution in [0.25, 0.3) is 0 Å². The monoisotopic (exact) mass is 366 g/mol. The summed E-state index contributed by atoms with van der Waals surface area (Å²) < 4.78 is 0. The Morgan fingerprint density at radius 3 is 1.93 bits per heavy atom. The summed E-state index contributed by atoms with van der Waals surface area (Å²) in [5, 5.41) is 3.12. The van der Waals surface area contributed by atoms with Crippen molar-refractivity contribution in [3.05, 3.63) is 35.9 Å². The molecule has 1 nitrogen and oxygen atoms in total. The summed E-state index contributed by atoms with van der Waals surface area (Å²) in [7, 11) is 1.98. The van der Waals surface area contributed by atoms with Crippen LogP contribution in [0.5, 0.6) is 0 Å². The van der Waals surface area contributed by atoms with Crippen molar-refractivity contribution in [2.75, 3.05) is 13.6 Å². The molecule has 14 heavy (non-hydrogen) atoms. The minimum atomic E-state index is 0. The van der Waals surface area contributed by atoms with Crippen LogP contribution in [-0.4, -0.2) is 13.6 Å². The molecule has 0 aliphatic carbocycles. The molecule has 0 saturated carbocycles. The molecule has 0 saturated heterocycles. The van der Waals surface area contributed by atoms with E-state index >= 15 is 0 Å². The van der Waals surface area contributed by atoms with E-state index in [1.54, 1.807) is 0 Å². The molecule has 5 heteroatoms. The van der Waals surface area contributed by atoms with Crippen LogP contribution in [0.1, 0.15) is 5.56 Å². The number of rotatable bonds is 3. The number of halogens is 3. The minimum absolute atomic E-state index is 0. The van der Waals surface area contributed by atoms with Gasteiger partial charge in [0.15, 0.2) is 0 Å². The molecule has 0 aliphatic rings. The first-order valence-electron chi connectivity index (χ1n) is 3.62. The summed E-state index contributed by atoms with van der Waals surface area (Å²) in [4.78, 5) is 0. The van der Waals surface area contributed by atoms with Gasteiger partial charge in [0.2, 0.25) is 0 Å². The summed E-state index contributed by atoms with van der Waals surface area (Å²) in [6.45, 7) is 1.06. The molecule has 0 unspecified atom stereocenters. The number of hydrogen-bond acceptors (Lipinski definition) is 1. The second-order valence-corrected chi connectivity index (χ2v) is 2.34. The Labute approximate surface area is 121 Å². The molecule has 0 fully saturated rings. The fourth-order valence-electron chi connectivity index (χ4n) is 0.914. The fourth-order valence-corrected chi connectivity index (χ4v) is 0.914. The van der Waals surface area contributed by atoms with Crippen LogP contribution in [-0.2, 0) is 6.42 Å². The van der Waals surface area contributed by atoms with Crippen LogP contribution < -0.4 is 19.4 Å². The average molecular weight is 365 g/mol. The molecule has 0 aromatic heterocycles. The largest absolute Gasteiger partial charge is 3.00 e. The van der Waals surface area contributed by atoms with E-state index in [0.717, 1.165) is 13.0 Å². The zero-order valence-electron chi connectivity index (χ0n) is 7.70. The second-order valence-electron chi connectivity index (χ2n) is 2.34. The van der Waals surface area contributed by atoms with Crippen molar-refractivity contribution < 1.29 is 61.0 Å². The SMILES string of the molecule is CNCCc1ccccc1.[F-].[F-].[F-].[Yb+3]. The van der Waals surface area contributed by atoms with Crippen molar-refractivity contribution in [3.63, 3.8) is 0 Å². The van der Waals surface area contributed by atoms with E-state index in [2.05, 4.69) is 29.6 Å². The van der Waals surface area contributed by atoms with Gasteiger partial charge in [-0.2, -0.15) is 0 Å². The van der Waals surface area contributed by atoms with Gasteiger partial charge < -0.3 is 19.4 Å². The molecule has 0 amide bonds. The van der Waals surface area contributed by atoms with E-state index in [9.17, 15) is 0 Å². The van der Waals surface area contributed by atoms with E-state index in [0.29, 0.717) is 0 Å². The Bertz CT molecular complexity index is 185. The van der Waals surface area contributed by atoms with Crippen molar-refractivity contribution >= 4 is 0 Å². The van der Waals surface area contributed by atoms with Crippen molar-refractivity contribution in [2.45, 2.75) is 6.42 Å². The van der Waals surface area contributed by atoms with E-state index in [1.807, 2.05) is 13.1 Å². The van der Waals surface area contributed by atoms with Gasteiger partial charge in [0.1, 0.15) is 0 Å². The maximum atomic E-state index is 3.12. The van der Waals surface area contributed by atoms with Gasteiger partial charge in [-0.1, -0.05) is 30.3 Å². The molecule has 1 radical (unpaired) electrons. The maximum absolute atomic E-state index is 3.12. The van der Waals surface area contributed by atoms with Gasteiger partial charge in [-0.3, -0.25) is 0 Å². The molecular weight excluding hydrogens is 352 g/mol. The summed E-state index contributed by atoms with van der Waals surface area (Å²) in [5.74, 6) is 0. The number of hydrogen-bond donors (Lipinski definition) is 1. The normalized spacial score (nSPS) is 6.93. The van der Waals surface area contributed by atoms with Gasteiger partial charge in [0.25, 0.3) is 0 Å². The Hall–Kier alpha value is 0.489. The van der Waals surface area contributed by atoms with Gasteiger partial charge in [0.05, 0.1) is 0 Å². The van der Waals surface area contributed by atoms with Gasteiger partial charge in [-0.05, 0) is 25.6 Å². The molecule has 0 spiro atoms. The molecular formula is C9H13F3NYb. The van der Waals surface area contributed by atoms with Crippen molar-refractivity contribution in [1.82, 2.24) is 5.32 Å². The number of nitrogens with one attached hydrogen (secondary N) is 1. The van der Waals surface area contributed by atoms with Crippen molar-refractivity contribution in [2.24, 2.45) is 0 Å². The number of likely N-dealkylation sites (N-methyl/N-ethyl adjacent to an activating group) is 1. The minimum Gasteiger partial charge on any atom is -1.00 e. The van der Waals surface area contributed by atoms with E-state index in [-0.39, 0.29) is 61.0 Å². The van der Waals surface area contributed by atoms with Crippen molar-refractivity contribution in [1.29, 1.82) is 0 Å². The molecule has 1 N–H and O–H groups in total. The predicted octanol–water partition coefficient (Wildman–Crippen LogP) is -7.54. The predicted molar refractivity (Wildman–Crippen MR) is 44.1 cm³/mol. The summed E-state index contributed by atoms with van der Waals surface area (Å²) in [5.41, 5.74) is 1.40. The van der Waals surface area contributed by atoms with Crippen LogP contribution in [0.15, 0.2) is 30.3 Å². The van der Waals surface area contributed by atoms with E-state index < -0.39 is 0 Å². The second kappa shape index (κ2) is 15.9. The smallest absolute Gasteiger partial charge is 1.00 e.